The molecule has 2 heterocycles. The first-order valence-electron chi connectivity index (χ1n) is 5.57. The van der Waals surface area contributed by atoms with Gasteiger partial charge in [-0.2, -0.15) is 0 Å². The molecule has 0 aliphatic carbocycles. The summed E-state index contributed by atoms with van der Waals surface area (Å²) < 4.78 is 0. The predicted octanol–water partition coefficient (Wildman–Crippen LogP) is 2.34. The van der Waals surface area contributed by atoms with Crippen molar-refractivity contribution in [2.45, 2.75) is 26.3 Å². The van der Waals surface area contributed by atoms with Crippen molar-refractivity contribution in [2.75, 3.05) is 19.7 Å². The Labute approximate surface area is 95.5 Å². The van der Waals surface area contributed by atoms with E-state index < -0.39 is 0 Å². The first-order valence-corrected chi connectivity index (χ1v) is 6.45. The second-order valence-corrected chi connectivity index (χ2v) is 5.86. The van der Waals surface area contributed by atoms with Gasteiger partial charge in [-0.3, -0.25) is 4.90 Å². The topological polar surface area (TPSA) is 23.5 Å². The third kappa shape index (κ3) is 2.80. The Hall–Kier alpha value is -0.380. The van der Waals surface area contributed by atoms with E-state index in [2.05, 4.69) is 29.3 Å². The molecule has 1 N–H and O–H groups in total. The number of hydrogen-bond acceptors (Lipinski definition) is 3. The first-order chi connectivity index (χ1) is 7.22. The van der Waals surface area contributed by atoms with Crippen molar-refractivity contribution in [3.63, 3.8) is 0 Å². The van der Waals surface area contributed by atoms with Gasteiger partial charge in [0.05, 0.1) is 0 Å². The molecule has 0 radical (unpaired) electrons. The number of likely N-dealkylation sites (tertiary alicyclic amines) is 1. The van der Waals surface area contributed by atoms with Crippen LogP contribution in [0.3, 0.4) is 0 Å². The summed E-state index contributed by atoms with van der Waals surface area (Å²) in [5.41, 5.74) is 0.173. The quantitative estimate of drug-likeness (QED) is 0.853. The van der Waals surface area contributed by atoms with E-state index in [0.29, 0.717) is 6.61 Å². The average molecular weight is 225 g/mol. The summed E-state index contributed by atoms with van der Waals surface area (Å²) in [6, 6.07) is 4.31. The number of aliphatic hydroxyl groups is 1. The zero-order valence-corrected chi connectivity index (χ0v) is 10.1. The van der Waals surface area contributed by atoms with Crippen LogP contribution >= 0.6 is 11.3 Å². The van der Waals surface area contributed by atoms with E-state index in [9.17, 15) is 5.11 Å². The minimum atomic E-state index is 0.173. The lowest BCUT2D eigenvalue weighted by Gasteiger charge is -2.38. The number of rotatable bonds is 3. The Morgan fingerprint density at radius 3 is 2.73 bits per heavy atom. The molecule has 1 aromatic rings. The van der Waals surface area contributed by atoms with Crippen molar-refractivity contribution < 1.29 is 5.11 Å². The number of aliphatic hydroxyl groups excluding tert-OH is 1. The standard InChI is InChI=1S/C12H19NOS/c1-12(10-14)4-6-13(7-5-12)9-11-3-2-8-15-11/h2-3,8,14H,4-7,9-10H2,1H3. The molecule has 3 heteroatoms. The van der Waals surface area contributed by atoms with Crippen LogP contribution in [-0.2, 0) is 6.54 Å². The second-order valence-electron chi connectivity index (χ2n) is 4.82. The van der Waals surface area contributed by atoms with Gasteiger partial charge in [-0.1, -0.05) is 13.0 Å². The molecule has 0 atom stereocenters. The summed E-state index contributed by atoms with van der Waals surface area (Å²) >= 11 is 1.83. The lowest BCUT2D eigenvalue weighted by atomic mass is 9.81. The smallest absolute Gasteiger partial charge is 0.0485 e. The third-order valence-corrected chi connectivity index (χ3v) is 4.27. The molecule has 2 nitrogen and oxygen atoms in total. The Balaban J connectivity index is 1.84. The van der Waals surface area contributed by atoms with Crippen LogP contribution in [-0.4, -0.2) is 29.7 Å². The zero-order chi connectivity index (χ0) is 10.7. The molecule has 0 saturated carbocycles. The molecule has 84 valence electrons. The number of hydrogen-bond donors (Lipinski definition) is 1. The maximum atomic E-state index is 9.28. The maximum Gasteiger partial charge on any atom is 0.0485 e. The van der Waals surface area contributed by atoms with Gasteiger partial charge in [0.25, 0.3) is 0 Å². The molecule has 1 aliphatic heterocycles. The molecular weight excluding hydrogens is 206 g/mol. The highest BCUT2D eigenvalue weighted by atomic mass is 32.1. The summed E-state index contributed by atoms with van der Waals surface area (Å²) in [6.45, 7) is 5.85. The van der Waals surface area contributed by atoms with Crippen molar-refractivity contribution in [2.24, 2.45) is 5.41 Å². The fraction of sp³-hybridized carbons (Fsp3) is 0.667. The van der Waals surface area contributed by atoms with Crippen LogP contribution < -0.4 is 0 Å². The Kier molecular flexibility index (Phi) is 3.44. The van der Waals surface area contributed by atoms with Crippen LogP contribution in [0.4, 0.5) is 0 Å². The molecular formula is C12H19NOS. The minimum Gasteiger partial charge on any atom is -0.396 e. The van der Waals surface area contributed by atoms with Gasteiger partial charge in [0.15, 0.2) is 0 Å². The van der Waals surface area contributed by atoms with Crippen LogP contribution in [0.1, 0.15) is 24.6 Å². The largest absolute Gasteiger partial charge is 0.396 e. The highest BCUT2D eigenvalue weighted by molar-refractivity contribution is 7.09. The number of nitrogens with zero attached hydrogens (tertiary/aromatic N) is 1. The van der Waals surface area contributed by atoms with Crippen LogP contribution in [0.25, 0.3) is 0 Å². The highest BCUT2D eigenvalue weighted by Gasteiger charge is 2.29. The highest BCUT2D eigenvalue weighted by Crippen LogP contribution is 2.30. The Bertz CT molecular complexity index is 289. The normalized spacial score (nSPS) is 21.7. The molecule has 0 unspecified atom stereocenters. The first kappa shape index (κ1) is 11.1. The van der Waals surface area contributed by atoms with Crippen molar-refractivity contribution >= 4 is 11.3 Å². The third-order valence-electron chi connectivity index (χ3n) is 3.40. The van der Waals surface area contributed by atoms with Crippen LogP contribution in [0.5, 0.6) is 0 Å². The lowest BCUT2D eigenvalue weighted by Crippen LogP contribution is -2.39. The number of piperidine rings is 1. The summed E-state index contributed by atoms with van der Waals surface area (Å²) in [6.07, 6.45) is 2.24. The van der Waals surface area contributed by atoms with E-state index in [1.165, 1.54) is 4.88 Å². The maximum absolute atomic E-state index is 9.28. The molecule has 0 spiro atoms. The fourth-order valence-corrected chi connectivity index (χ4v) is 2.78. The molecule has 15 heavy (non-hydrogen) atoms. The molecule has 1 saturated heterocycles. The van der Waals surface area contributed by atoms with Crippen LogP contribution in [0.15, 0.2) is 17.5 Å². The number of thiophene rings is 1. The van der Waals surface area contributed by atoms with Gasteiger partial charge in [-0.05, 0) is 42.8 Å². The molecule has 1 aliphatic rings. The molecule has 0 amide bonds. The fourth-order valence-electron chi connectivity index (χ4n) is 2.03. The van der Waals surface area contributed by atoms with Gasteiger partial charge in [0.1, 0.15) is 0 Å². The van der Waals surface area contributed by atoms with Crippen molar-refractivity contribution in [3.05, 3.63) is 22.4 Å². The van der Waals surface area contributed by atoms with E-state index in [4.69, 9.17) is 0 Å². The molecule has 2 rings (SSSR count). The van der Waals surface area contributed by atoms with E-state index in [0.717, 1.165) is 32.5 Å². The van der Waals surface area contributed by atoms with Gasteiger partial charge in [0, 0.05) is 18.0 Å². The predicted molar refractivity (Wildman–Crippen MR) is 64.0 cm³/mol. The molecule has 1 fully saturated rings. The average Bonchev–Trinajstić information content (AvgIpc) is 2.75. The van der Waals surface area contributed by atoms with Crippen LogP contribution in [0.2, 0.25) is 0 Å². The SMILES string of the molecule is CC1(CO)CCN(Cc2cccs2)CC1. The van der Waals surface area contributed by atoms with Gasteiger partial charge in [-0.25, -0.2) is 0 Å². The molecule has 1 aromatic heterocycles. The van der Waals surface area contributed by atoms with Gasteiger partial charge in [0.2, 0.25) is 0 Å². The van der Waals surface area contributed by atoms with E-state index in [-0.39, 0.29) is 5.41 Å². The summed E-state index contributed by atoms with van der Waals surface area (Å²) in [5.74, 6) is 0. The van der Waals surface area contributed by atoms with Crippen molar-refractivity contribution in [1.82, 2.24) is 4.90 Å². The minimum absolute atomic E-state index is 0.173. The van der Waals surface area contributed by atoms with E-state index in [1.54, 1.807) is 0 Å². The Morgan fingerprint density at radius 2 is 2.20 bits per heavy atom. The molecule has 0 bridgehead atoms. The summed E-state index contributed by atoms with van der Waals surface area (Å²) in [4.78, 5) is 3.94. The van der Waals surface area contributed by atoms with E-state index >= 15 is 0 Å². The Morgan fingerprint density at radius 1 is 1.47 bits per heavy atom. The summed E-state index contributed by atoms with van der Waals surface area (Å²) in [5, 5.41) is 11.4. The van der Waals surface area contributed by atoms with Gasteiger partial charge >= 0.3 is 0 Å². The van der Waals surface area contributed by atoms with Crippen molar-refractivity contribution in [1.29, 1.82) is 0 Å². The monoisotopic (exact) mass is 225 g/mol. The lowest BCUT2D eigenvalue weighted by molar-refractivity contribution is 0.0561. The van der Waals surface area contributed by atoms with Crippen LogP contribution in [0, 0.1) is 5.41 Å². The van der Waals surface area contributed by atoms with Gasteiger partial charge in [-0.15, -0.1) is 11.3 Å². The summed E-state index contributed by atoms with van der Waals surface area (Å²) in [7, 11) is 0. The van der Waals surface area contributed by atoms with E-state index in [1.807, 2.05) is 11.3 Å². The molecule has 0 aromatic carbocycles. The van der Waals surface area contributed by atoms with Gasteiger partial charge < -0.3 is 5.11 Å². The zero-order valence-electron chi connectivity index (χ0n) is 9.28. The second kappa shape index (κ2) is 4.64. The van der Waals surface area contributed by atoms with Crippen molar-refractivity contribution in [3.8, 4) is 0 Å².